The van der Waals surface area contributed by atoms with Crippen molar-refractivity contribution >= 4 is 35.4 Å². The monoisotopic (exact) mass is 376 g/mol. The van der Waals surface area contributed by atoms with Crippen LogP contribution in [0.3, 0.4) is 0 Å². The molecule has 0 bridgehead atoms. The average Bonchev–Trinajstić information content (AvgIpc) is 2.62. The molecular formula is C16H17ClN6O3. The minimum Gasteiger partial charge on any atom is -0.438 e. The van der Waals surface area contributed by atoms with Crippen molar-refractivity contribution < 1.29 is 14.4 Å². The number of carbonyl (C=O) groups excluding carboxylic acids is 1. The van der Waals surface area contributed by atoms with E-state index in [0.717, 1.165) is 0 Å². The highest BCUT2D eigenvalue weighted by atomic mass is 35.5. The van der Waals surface area contributed by atoms with Crippen LogP contribution in [0.2, 0.25) is 5.02 Å². The second kappa shape index (κ2) is 9.23. The van der Waals surface area contributed by atoms with Crippen LogP contribution in [0.1, 0.15) is 5.56 Å². The van der Waals surface area contributed by atoms with Crippen LogP contribution < -0.4 is 21.1 Å². The predicted octanol–water partition coefficient (Wildman–Crippen LogP) is 2.79. The van der Waals surface area contributed by atoms with Gasteiger partial charge in [0, 0.05) is 12.6 Å². The Kier molecular flexibility index (Phi) is 6.75. The number of amides is 2. The summed E-state index contributed by atoms with van der Waals surface area (Å²) in [6.45, 7) is 3.86. The van der Waals surface area contributed by atoms with Crippen molar-refractivity contribution in [1.82, 2.24) is 15.3 Å². The molecule has 1 heterocycles. The molecule has 1 aromatic carbocycles. The van der Waals surface area contributed by atoms with Gasteiger partial charge in [0.05, 0.1) is 16.9 Å². The Balaban J connectivity index is 2.18. The fourth-order valence-corrected chi connectivity index (χ4v) is 2.02. The van der Waals surface area contributed by atoms with Crippen molar-refractivity contribution in [3.8, 4) is 11.6 Å². The molecule has 10 heteroatoms. The number of oxime groups is 1. The number of rotatable bonds is 7. The van der Waals surface area contributed by atoms with Crippen LogP contribution in [-0.4, -0.2) is 35.9 Å². The lowest BCUT2D eigenvalue weighted by atomic mass is 10.3. The van der Waals surface area contributed by atoms with Crippen LogP contribution in [0.15, 0.2) is 42.3 Å². The van der Waals surface area contributed by atoms with Crippen molar-refractivity contribution in [2.24, 2.45) is 5.16 Å². The lowest BCUT2D eigenvalue weighted by Crippen LogP contribution is -2.28. The molecule has 0 fully saturated rings. The Morgan fingerprint density at radius 1 is 1.46 bits per heavy atom. The molecule has 0 saturated carbocycles. The van der Waals surface area contributed by atoms with Crippen LogP contribution in [0.25, 0.3) is 0 Å². The van der Waals surface area contributed by atoms with E-state index >= 15 is 0 Å². The number of anilines is 2. The predicted molar refractivity (Wildman–Crippen MR) is 99.8 cm³/mol. The SMILES string of the molecule is C=CCNC(=O)Nc1ccc(Oc2ncnc(N)c2/C=N/OC)cc1Cl. The molecule has 0 aliphatic carbocycles. The normalized spacial score (nSPS) is 10.4. The number of nitrogen functional groups attached to an aromatic ring is 1. The number of nitrogens with zero attached hydrogens (tertiary/aromatic N) is 3. The molecule has 1 aromatic heterocycles. The first kappa shape index (κ1) is 19.0. The number of hydrogen-bond acceptors (Lipinski definition) is 7. The highest BCUT2D eigenvalue weighted by Gasteiger charge is 2.12. The van der Waals surface area contributed by atoms with Crippen molar-refractivity contribution in [2.45, 2.75) is 0 Å². The Morgan fingerprint density at radius 3 is 2.96 bits per heavy atom. The number of nitrogens with one attached hydrogen (secondary N) is 2. The summed E-state index contributed by atoms with van der Waals surface area (Å²) in [4.78, 5) is 24.2. The summed E-state index contributed by atoms with van der Waals surface area (Å²) in [6, 6.07) is 4.34. The number of benzene rings is 1. The van der Waals surface area contributed by atoms with Gasteiger partial charge in [0.1, 0.15) is 30.6 Å². The molecule has 9 nitrogen and oxygen atoms in total. The van der Waals surface area contributed by atoms with Crippen LogP contribution >= 0.6 is 11.6 Å². The van der Waals surface area contributed by atoms with Gasteiger partial charge in [0.15, 0.2) is 0 Å². The van der Waals surface area contributed by atoms with Gasteiger partial charge in [0.25, 0.3) is 0 Å². The second-order valence-electron chi connectivity index (χ2n) is 4.76. The van der Waals surface area contributed by atoms with Gasteiger partial charge < -0.3 is 25.9 Å². The lowest BCUT2D eigenvalue weighted by molar-refractivity contribution is 0.215. The second-order valence-corrected chi connectivity index (χ2v) is 5.17. The molecule has 2 rings (SSSR count). The number of ether oxygens (including phenoxy) is 1. The van der Waals surface area contributed by atoms with Crippen molar-refractivity contribution in [3.63, 3.8) is 0 Å². The van der Waals surface area contributed by atoms with Gasteiger partial charge >= 0.3 is 6.03 Å². The van der Waals surface area contributed by atoms with Gasteiger partial charge in [-0.3, -0.25) is 0 Å². The van der Waals surface area contributed by atoms with Gasteiger partial charge in [-0.15, -0.1) is 6.58 Å². The van der Waals surface area contributed by atoms with Crippen LogP contribution in [0, 0.1) is 0 Å². The molecule has 0 spiro atoms. The van der Waals surface area contributed by atoms with Gasteiger partial charge in [-0.2, -0.15) is 0 Å². The molecule has 0 aliphatic rings. The van der Waals surface area contributed by atoms with Gasteiger partial charge in [-0.25, -0.2) is 14.8 Å². The summed E-state index contributed by atoms with van der Waals surface area (Å²) in [5, 5.41) is 9.12. The molecule has 0 unspecified atom stereocenters. The molecule has 0 radical (unpaired) electrons. The number of hydrogen-bond donors (Lipinski definition) is 3. The zero-order valence-electron chi connectivity index (χ0n) is 13.9. The molecule has 2 amide bonds. The van der Waals surface area contributed by atoms with Gasteiger partial charge in [-0.05, 0) is 12.1 Å². The Morgan fingerprint density at radius 2 is 2.27 bits per heavy atom. The fourth-order valence-electron chi connectivity index (χ4n) is 1.80. The topological polar surface area (TPSA) is 124 Å². The standard InChI is InChI=1S/C16H17ClN6O3/c1-3-6-19-16(24)23-13-5-4-10(7-12(13)17)26-15-11(8-22-25-2)14(18)20-9-21-15/h3-5,7-9H,1,6H2,2H3,(H2,18,20,21)(H2,19,23,24)/b22-8+. The first-order chi connectivity index (χ1) is 12.5. The summed E-state index contributed by atoms with van der Waals surface area (Å²) < 4.78 is 5.69. The zero-order chi connectivity index (χ0) is 18.9. The van der Waals surface area contributed by atoms with E-state index in [0.29, 0.717) is 23.5 Å². The molecule has 0 atom stereocenters. The van der Waals surface area contributed by atoms with Crippen LogP contribution in [0.5, 0.6) is 11.6 Å². The third-order valence-corrected chi connectivity index (χ3v) is 3.29. The van der Waals surface area contributed by atoms with E-state index in [9.17, 15) is 4.79 Å². The van der Waals surface area contributed by atoms with Gasteiger partial charge in [-0.1, -0.05) is 22.8 Å². The molecule has 4 N–H and O–H groups in total. The summed E-state index contributed by atoms with van der Waals surface area (Å²) in [7, 11) is 1.40. The van der Waals surface area contributed by atoms with Crippen molar-refractivity contribution in [2.75, 3.05) is 24.7 Å². The number of carbonyl (C=O) groups is 1. The minimum atomic E-state index is -0.401. The Bertz CT molecular complexity index is 828. The van der Waals surface area contributed by atoms with E-state index in [1.807, 2.05) is 0 Å². The highest BCUT2D eigenvalue weighted by Crippen LogP contribution is 2.30. The zero-order valence-corrected chi connectivity index (χ0v) is 14.7. The molecule has 26 heavy (non-hydrogen) atoms. The quantitative estimate of drug-likeness (QED) is 0.388. The van der Waals surface area contributed by atoms with E-state index in [4.69, 9.17) is 22.1 Å². The summed E-state index contributed by atoms with van der Waals surface area (Å²) >= 11 is 6.18. The Hall–Kier alpha value is -3.33. The lowest BCUT2D eigenvalue weighted by Gasteiger charge is -2.11. The number of nitrogens with two attached hydrogens (primary N) is 1. The maximum absolute atomic E-state index is 11.7. The molecule has 0 aliphatic heterocycles. The summed E-state index contributed by atoms with van der Waals surface area (Å²) in [5.74, 6) is 0.745. The first-order valence-corrected chi connectivity index (χ1v) is 7.73. The smallest absolute Gasteiger partial charge is 0.319 e. The largest absolute Gasteiger partial charge is 0.438 e. The van der Waals surface area contributed by atoms with Crippen LogP contribution in [-0.2, 0) is 4.84 Å². The Labute approximate surface area is 154 Å². The summed E-state index contributed by atoms with van der Waals surface area (Å²) in [6.07, 6.45) is 4.17. The first-order valence-electron chi connectivity index (χ1n) is 7.35. The van der Waals surface area contributed by atoms with Crippen molar-refractivity contribution in [3.05, 3.63) is 47.8 Å². The highest BCUT2D eigenvalue weighted by molar-refractivity contribution is 6.33. The third kappa shape index (κ3) is 5.08. The van der Waals surface area contributed by atoms with Gasteiger partial charge in [0.2, 0.25) is 5.88 Å². The molecule has 2 aromatic rings. The van der Waals surface area contributed by atoms with Crippen molar-refractivity contribution in [1.29, 1.82) is 0 Å². The molecule has 0 saturated heterocycles. The van der Waals surface area contributed by atoms with E-state index in [1.165, 1.54) is 25.7 Å². The summed E-state index contributed by atoms with van der Waals surface area (Å²) in [5.41, 5.74) is 6.58. The number of urea groups is 1. The number of aromatic nitrogens is 2. The van der Waals surface area contributed by atoms with E-state index in [2.05, 4.69) is 37.2 Å². The molecule has 136 valence electrons. The average molecular weight is 377 g/mol. The molecular weight excluding hydrogens is 360 g/mol. The number of halogens is 1. The maximum Gasteiger partial charge on any atom is 0.319 e. The van der Waals surface area contributed by atoms with E-state index < -0.39 is 6.03 Å². The minimum absolute atomic E-state index is 0.179. The third-order valence-electron chi connectivity index (χ3n) is 2.98. The van der Waals surface area contributed by atoms with Crippen LogP contribution in [0.4, 0.5) is 16.3 Å². The van der Waals surface area contributed by atoms with E-state index in [-0.39, 0.29) is 16.7 Å². The van der Waals surface area contributed by atoms with E-state index in [1.54, 1.807) is 18.2 Å². The fraction of sp³-hybridized carbons (Fsp3) is 0.125. The maximum atomic E-state index is 11.7.